The summed E-state index contributed by atoms with van der Waals surface area (Å²) in [6, 6.07) is 1.93. The summed E-state index contributed by atoms with van der Waals surface area (Å²) < 4.78 is 22.1. The number of sulfonamides is 1. The molecule has 1 aromatic carbocycles. The Balaban J connectivity index is 3.59. The number of carboxylic acid groups (broad SMARTS) is 1. The van der Waals surface area contributed by atoms with Gasteiger partial charge >= 0.3 is 5.97 Å². The smallest absolute Gasteiger partial charge is 0.335 e. The molecule has 0 aliphatic carbocycles. The van der Waals surface area contributed by atoms with Gasteiger partial charge in [0, 0.05) is 0 Å². The van der Waals surface area contributed by atoms with Crippen LogP contribution in [0.5, 0.6) is 0 Å². The third-order valence-corrected chi connectivity index (χ3v) is 2.68. The predicted molar refractivity (Wildman–Crippen MR) is 53.6 cm³/mol. The van der Waals surface area contributed by atoms with Gasteiger partial charge in [0.05, 0.1) is 16.9 Å². The van der Waals surface area contributed by atoms with Crippen molar-refractivity contribution in [3.8, 4) is 0 Å². The average molecular weight is 231 g/mol. The van der Waals surface area contributed by atoms with E-state index in [-0.39, 0.29) is 16.9 Å². The minimum atomic E-state index is -4.08. The number of hydrogen-bond donors (Lipinski definition) is 4. The van der Waals surface area contributed by atoms with Crippen molar-refractivity contribution in [3.63, 3.8) is 0 Å². The highest BCUT2D eigenvalue weighted by Gasteiger charge is 2.18. The Morgan fingerprint density at radius 2 is 1.80 bits per heavy atom. The zero-order valence-electron chi connectivity index (χ0n) is 7.47. The summed E-state index contributed by atoms with van der Waals surface area (Å²) in [6.07, 6.45) is 0. The van der Waals surface area contributed by atoms with Crippen LogP contribution in [0, 0.1) is 0 Å². The van der Waals surface area contributed by atoms with Gasteiger partial charge in [-0.25, -0.2) is 18.4 Å². The Kier molecular flexibility index (Phi) is 2.56. The second kappa shape index (κ2) is 3.41. The van der Waals surface area contributed by atoms with Gasteiger partial charge in [-0.1, -0.05) is 0 Å². The van der Waals surface area contributed by atoms with Crippen molar-refractivity contribution in [2.24, 2.45) is 5.14 Å². The number of anilines is 2. The fraction of sp³-hybridized carbons (Fsp3) is 0. The first kappa shape index (κ1) is 11.3. The maximum absolute atomic E-state index is 11.0. The van der Waals surface area contributed by atoms with Crippen LogP contribution in [0.3, 0.4) is 0 Å². The number of benzene rings is 1. The minimum Gasteiger partial charge on any atom is -0.478 e. The number of carbonyl (C=O) groups is 1. The number of rotatable bonds is 2. The molecule has 0 saturated heterocycles. The first-order valence-corrected chi connectivity index (χ1v) is 5.23. The second-order valence-corrected chi connectivity index (χ2v) is 4.36. The Morgan fingerprint density at radius 3 is 2.20 bits per heavy atom. The molecule has 0 bridgehead atoms. The van der Waals surface area contributed by atoms with E-state index in [1.165, 1.54) is 0 Å². The Morgan fingerprint density at radius 1 is 1.27 bits per heavy atom. The fourth-order valence-electron chi connectivity index (χ4n) is 1.01. The van der Waals surface area contributed by atoms with Crippen LogP contribution in [-0.4, -0.2) is 19.5 Å². The molecule has 0 heterocycles. The summed E-state index contributed by atoms with van der Waals surface area (Å²) in [5.41, 5.74) is 10.0. The molecule has 7 nitrogen and oxygen atoms in total. The van der Waals surface area contributed by atoms with Gasteiger partial charge in [-0.2, -0.15) is 0 Å². The van der Waals surface area contributed by atoms with E-state index in [1.54, 1.807) is 0 Å². The molecule has 0 spiro atoms. The van der Waals surface area contributed by atoms with E-state index in [2.05, 4.69) is 0 Å². The molecule has 0 atom stereocenters. The van der Waals surface area contributed by atoms with Crippen molar-refractivity contribution in [1.82, 2.24) is 0 Å². The number of primary sulfonamides is 1. The van der Waals surface area contributed by atoms with Crippen LogP contribution in [0.2, 0.25) is 0 Å². The summed E-state index contributed by atoms with van der Waals surface area (Å²) in [5.74, 6) is -1.31. The lowest BCUT2D eigenvalue weighted by molar-refractivity contribution is 0.0696. The van der Waals surface area contributed by atoms with E-state index in [9.17, 15) is 13.2 Å². The van der Waals surface area contributed by atoms with Crippen molar-refractivity contribution < 1.29 is 18.3 Å². The molecule has 0 saturated carbocycles. The van der Waals surface area contributed by atoms with Gasteiger partial charge in [-0.3, -0.25) is 0 Å². The minimum absolute atomic E-state index is 0.140. The van der Waals surface area contributed by atoms with E-state index in [0.717, 1.165) is 12.1 Å². The predicted octanol–water partition coefficient (Wildman–Crippen LogP) is -0.803. The fourth-order valence-corrected chi connectivity index (χ4v) is 1.72. The number of aromatic carboxylic acids is 1. The number of nitrogens with two attached hydrogens (primary N) is 3. The molecule has 1 rings (SSSR count). The van der Waals surface area contributed by atoms with Crippen LogP contribution in [-0.2, 0) is 10.0 Å². The lowest BCUT2D eigenvalue weighted by Gasteiger charge is -2.07. The van der Waals surface area contributed by atoms with Crippen LogP contribution in [0.15, 0.2) is 17.0 Å². The SMILES string of the molecule is Nc1cc(C(=O)O)cc(S(N)(=O)=O)c1N. The van der Waals surface area contributed by atoms with Gasteiger partial charge in [0.25, 0.3) is 0 Å². The van der Waals surface area contributed by atoms with Crippen LogP contribution in [0.25, 0.3) is 0 Å². The molecule has 0 amide bonds. The summed E-state index contributed by atoms with van der Waals surface area (Å²) in [6.45, 7) is 0. The van der Waals surface area contributed by atoms with Crippen molar-refractivity contribution in [2.75, 3.05) is 11.5 Å². The second-order valence-electron chi connectivity index (χ2n) is 2.83. The summed E-state index contributed by atoms with van der Waals surface area (Å²) >= 11 is 0. The van der Waals surface area contributed by atoms with Crippen LogP contribution < -0.4 is 16.6 Å². The highest BCUT2D eigenvalue weighted by Crippen LogP contribution is 2.25. The molecular formula is C7H9N3O4S. The first-order valence-electron chi connectivity index (χ1n) is 3.68. The Labute approximate surface area is 85.5 Å². The normalized spacial score (nSPS) is 11.3. The zero-order valence-corrected chi connectivity index (χ0v) is 8.28. The molecule has 1 aromatic rings. The van der Waals surface area contributed by atoms with Gasteiger partial charge < -0.3 is 16.6 Å². The quantitative estimate of drug-likeness (QED) is 0.489. The van der Waals surface area contributed by atoms with E-state index >= 15 is 0 Å². The van der Waals surface area contributed by atoms with Gasteiger partial charge in [-0.05, 0) is 12.1 Å². The average Bonchev–Trinajstić information content (AvgIpc) is 2.06. The van der Waals surface area contributed by atoms with Crippen molar-refractivity contribution in [1.29, 1.82) is 0 Å². The maximum atomic E-state index is 11.0. The topological polar surface area (TPSA) is 150 Å². The summed E-state index contributed by atoms with van der Waals surface area (Å²) in [7, 11) is -4.08. The molecule has 8 heteroatoms. The lowest BCUT2D eigenvalue weighted by Crippen LogP contribution is -2.16. The number of nitrogen functional groups attached to an aromatic ring is 2. The molecule has 0 aromatic heterocycles. The third-order valence-electron chi connectivity index (χ3n) is 1.73. The molecule has 15 heavy (non-hydrogen) atoms. The van der Waals surface area contributed by atoms with Crippen LogP contribution in [0.1, 0.15) is 10.4 Å². The van der Waals surface area contributed by atoms with E-state index in [4.69, 9.17) is 21.7 Å². The number of carboxylic acids is 1. The standard InChI is InChI=1S/C7H9N3O4S/c8-4-1-3(7(11)12)2-5(6(4)9)15(10,13)14/h1-2H,8-9H2,(H,11,12)(H2,10,13,14). The van der Waals surface area contributed by atoms with Crippen LogP contribution >= 0.6 is 0 Å². The highest BCUT2D eigenvalue weighted by atomic mass is 32.2. The molecule has 0 fully saturated rings. The van der Waals surface area contributed by atoms with Crippen LogP contribution in [0.4, 0.5) is 11.4 Å². The summed E-state index contributed by atoms with van der Waals surface area (Å²) in [5, 5.41) is 13.5. The van der Waals surface area contributed by atoms with Crippen molar-refractivity contribution in [2.45, 2.75) is 4.90 Å². The first-order chi connectivity index (χ1) is 6.73. The molecular weight excluding hydrogens is 222 g/mol. The third kappa shape index (κ3) is 2.17. The Hall–Kier alpha value is -1.80. The molecule has 82 valence electrons. The van der Waals surface area contributed by atoms with E-state index in [0.29, 0.717) is 0 Å². The van der Waals surface area contributed by atoms with Crippen molar-refractivity contribution >= 4 is 27.4 Å². The monoisotopic (exact) mass is 231 g/mol. The molecule has 0 aliphatic rings. The van der Waals surface area contributed by atoms with E-state index < -0.39 is 20.9 Å². The van der Waals surface area contributed by atoms with E-state index in [1.807, 2.05) is 0 Å². The molecule has 0 aliphatic heterocycles. The zero-order chi connectivity index (χ0) is 11.8. The largest absolute Gasteiger partial charge is 0.478 e. The van der Waals surface area contributed by atoms with Gasteiger partial charge in [0.2, 0.25) is 10.0 Å². The molecule has 0 radical (unpaired) electrons. The number of hydrogen-bond acceptors (Lipinski definition) is 5. The molecule has 7 N–H and O–H groups in total. The van der Waals surface area contributed by atoms with Crippen molar-refractivity contribution in [3.05, 3.63) is 17.7 Å². The summed E-state index contributed by atoms with van der Waals surface area (Å²) in [4.78, 5) is 10.1. The highest BCUT2D eigenvalue weighted by molar-refractivity contribution is 7.89. The van der Waals surface area contributed by atoms with Gasteiger partial charge in [0.15, 0.2) is 0 Å². The molecule has 0 unspecified atom stereocenters. The maximum Gasteiger partial charge on any atom is 0.335 e. The lowest BCUT2D eigenvalue weighted by atomic mass is 10.2. The Bertz CT molecular complexity index is 523. The van der Waals surface area contributed by atoms with Gasteiger partial charge in [-0.15, -0.1) is 0 Å². The van der Waals surface area contributed by atoms with Gasteiger partial charge in [0.1, 0.15) is 4.90 Å².